The maximum atomic E-state index is 12.3. The molecule has 0 radical (unpaired) electrons. The van der Waals surface area contributed by atoms with Crippen LogP contribution >= 0.6 is 11.8 Å². The van der Waals surface area contributed by atoms with Crippen LogP contribution in [0.25, 0.3) is 11.3 Å². The van der Waals surface area contributed by atoms with Crippen LogP contribution in [0.3, 0.4) is 0 Å². The average molecular weight is 365 g/mol. The molecule has 0 bridgehead atoms. The molecule has 1 aliphatic heterocycles. The Morgan fingerprint density at radius 2 is 1.81 bits per heavy atom. The standard InChI is InChI=1S/C21H19NO3S/c1-24-16-10-8-14(9-11-16)18-12-17(21(23)25-2)19-13-26-20(22(18)19)15-6-4-3-5-7-15/h3-12,20H,13H2,1-2H3/t20-/m0/s1. The number of esters is 1. The van der Waals surface area contributed by atoms with Crippen molar-refractivity contribution in [1.29, 1.82) is 0 Å². The van der Waals surface area contributed by atoms with Gasteiger partial charge < -0.3 is 14.0 Å². The Morgan fingerprint density at radius 3 is 2.46 bits per heavy atom. The lowest BCUT2D eigenvalue weighted by atomic mass is 10.1. The van der Waals surface area contributed by atoms with Gasteiger partial charge in [-0.1, -0.05) is 30.3 Å². The lowest BCUT2D eigenvalue weighted by Gasteiger charge is -2.17. The Labute approximate surface area is 156 Å². The summed E-state index contributed by atoms with van der Waals surface area (Å²) in [5.74, 6) is 1.30. The second-order valence-electron chi connectivity index (χ2n) is 6.05. The van der Waals surface area contributed by atoms with Crippen molar-refractivity contribution in [2.75, 3.05) is 14.2 Å². The zero-order chi connectivity index (χ0) is 18.1. The summed E-state index contributed by atoms with van der Waals surface area (Å²) in [5, 5.41) is 0.140. The van der Waals surface area contributed by atoms with Crippen LogP contribution in [0, 0.1) is 0 Å². The first-order valence-electron chi connectivity index (χ1n) is 8.36. The molecule has 2 heterocycles. The van der Waals surface area contributed by atoms with Crippen LogP contribution in [-0.2, 0) is 10.5 Å². The molecule has 0 N–H and O–H groups in total. The van der Waals surface area contributed by atoms with Crippen molar-refractivity contribution in [2.45, 2.75) is 11.1 Å². The molecule has 2 aromatic carbocycles. The highest BCUT2D eigenvalue weighted by Gasteiger charge is 2.32. The third-order valence-corrected chi connectivity index (χ3v) is 5.87. The minimum Gasteiger partial charge on any atom is -0.497 e. The second-order valence-corrected chi connectivity index (χ2v) is 7.12. The Morgan fingerprint density at radius 1 is 1.08 bits per heavy atom. The molecule has 4 nitrogen and oxygen atoms in total. The van der Waals surface area contributed by atoms with Crippen molar-refractivity contribution in [1.82, 2.24) is 4.57 Å². The molecule has 4 rings (SSSR count). The molecular formula is C21H19NO3S. The van der Waals surface area contributed by atoms with Gasteiger partial charge >= 0.3 is 5.97 Å². The number of carbonyl (C=O) groups excluding carboxylic acids is 1. The van der Waals surface area contributed by atoms with Gasteiger partial charge in [0, 0.05) is 11.4 Å². The van der Waals surface area contributed by atoms with Crippen LogP contribution in [0.2, 0.25) is 0 Å². The van der Waals surface area contributed by atoms with E-state index in [4.69, 9.17) is 9.47 Å². The number of benzene rings is 2. The third-order valence-electron chi connectivity index (χ3n) is 4.63. The molecule has 5 heteroatoms. The summed E-state index contributed by atoms with van der Waals surface area (Å²) >= 11 is 1.82. The van der Waals surface area contributed by atoms with Crippen molar-refractivity contribution in [3.05, 3.63) is 77.5 Å². The van der Waals surface area contributed by atoms with Crippen LogP contribution in [0.4, 0.5) is 0 Å². The van der Waals surface area contributed by atoms with Gasteiger partial charge in [0.15, 0.2) is 0 Å². The van der Waals surface area contributed by atoms with E-state index in [0.29, 0.717) is 5.56 Å². The van der Waals surface area contributed by atoms with E-state index < -0.39 is 0 Å². The summed E-state index contributed by atoms with van der Waals surface area (Å²) in [6.45, 7) is 0. The van der Waals surface area contributed by atoms with E-state index in [1.54, 1.807) is 7.11 Å². The second kappa shape index (κ2) is 6.92. The number of nitrogens with zero attached hydrogens (tertiary/aromatic N) is 1. The van der Waals surface area contributed by atoms with Gasteiger partial charge in [0.1, 0.15) is 11.1 Å². The van der Waals surface area contributed by atoms with E-state index in [1.807, 2.05) is 60.3 Å². The van der Waals surface area contributed by atoms with Crippen molar-refractivity contribution in [2.24, 2.45) is 0 Å². The Balaban J connectivity index is 1.87. The maximum absolute atomic E-state index is 12.3. The van der Waals surface area contributed by atoms with E-state index in [0.717, 1.165) is 28.5 Å². The predicted molar refractivity (Wildman–Crippen MR) is 104 cm³/mol. The van der Waals surface area contributed by atoms with Crippen molar-refractivity contribution >= 4 is 17.7 Å². The molecule has 1 aromatic heterocycles. The highest BCUT2D eigenvalue weighted by Crippen LogP contribution is 2.46. The summed E-state index contributed by atoms with van der Waals surface area (Å²) in [6.07, 6.45) is 0. The molecule has 1 aliphatic rings. The number of thioether (sulfide) groups is 1. The quantitative estimate of drug-likeness (QED) is 0.626. The topological polar surface area (TPSA) is 40.5 Å². The molecule has 0 spiro atoms. The van der Waals surface area contributed by atoms with Gasteiger partial charge in [-0.25, -0.2) is 4.79 Å². The molecule has 1 atom stereocenters. The van der Waals surface area contributed by atoms with Crippen molar-refractivity contribution in [3.63, 3.8) is 0 Å². The van der Waals surface area contributed by atoms with Crippen LogP contribution in [-0.4, -0.2) is 24.8 Å². The molecule has 0 amide bonds. The predicted octanol–water partition coefficient (Wildman–Crippen LogP) is 4.74. The van der Waals surface area contributed by atoms with Gasteiger partial charge in [0.25, 0.3) is 0 Å². The third kappa shape index (κ3) is 2.78. The highest BCUT2D eigenvalue weighted by molar-refractivity contribution is 7.99. The molecule has 3 aromatic rings. The number of rotatable bonds is 4. The van der Waals surface area contributed by atoms with E-state index in [2.05, 4.69) is 16.7 Å². The first-order chi connectivity index (χ1) is 12.7. The number of fused-ring (bicyclic) bond motifs is 1. The Hall–Kier alpha value is -2.66. The van der Waals surface area contributed by atoms with E-state index >= 15 is 0 Å². The summed E-state index contributed by atoms with van der Waals surface area (Å²) in [5.41, 5.74) is 4.94. The molecular weight excluding hydrogens is 346 g/mol. The average Bonchev–Trinajstić information content (AvgIpc) is 3.29. The van der Waals surface area contributed by atoms with Gasteiger partial charge in [0.2, 0.25) is 0 Å². The van der Waals surface area contributed by atoms with Crippen molar-refractivity contribution < 1.29 is 14.3 Å². The Kier molecular flexibility index (Phi) is 4.47. The molecule has 26 heavy (non-hydrogen) atoms. The van der Waals surface area contributed by atoms with E-state index in [9.17, 15) is 4.79 Å². The van der Waals surface area contributed by atoms with E-state index in [-0.39, 0.29) is 11.3 Å². The lowest BCUT2D eigenvalue weighted by Crippen LogP contribution is -2.06. The van der Waals surface area contributed by atoms with Crippen LogP contribution < -0.4 is 4.74 Å². The number of methoxy groups -OCH3 is 2. The first-order valence-corrected chi connectivity index (χ1v) is 9.41. The molecule has 132 valence electrons. The maximum Gasteiger partial charge on any atom is 0.339 e. The summed E-state index contributed by atoms with van der Waals surface area (Å²) in [4.78, 5) is 12.3. The van der Waals surface area contributed by atoms with Crippen LogP contribution in [0.15, 0.2) is 60.7 Å². The fraction of sp³-hybridized carbons (Fsp3) is 0.190. The van der Waals surface area contributed by atoms with Crippen LogP contribution in [0.1, 0.15) is 27.0 Å². The fourth-order valence-electron chi connectivity index (χ4n) is 3.35. The normalized spacial score (nSPS) is 15.5. The molecule has 0 fully saturated rings. The smallest absolute Gasteiger partial charge is 0.339 e. The van der Waals surface area contributed by atoms with E-state index in [1.165, 1.54) is 12.7 Å². The van der Waals surface area contributed by atoms with Gasteiger partial charge in [-0.15, -0.1) is 11.8 Å². The molecule has 0 aliphatic carbocycles. The number of hydrogen-bond donors (Lipinski definition) is 0. The summed E-state index contributed by atoms with van der Waals surface area (Å²) in [7, 11) is 3.08. The van der Waals surface area contributed by atoms with Crippen molar-refractivity contribution in [3.8, 4) is 17.0 Å². The largest absolute Gasteiger partial charge is 0.497 e. The minimum atomic E-state index is -0.289. The van der Waals surface area contributed by atoms with Gasteiger partial charge in [-0.05, 0) is 41.5 Å². The van der Waals surface area contributed by atoms with Gasteiger partial charge in [-0.2, -0.15) is 0 Å². The minimum absolute atomic E-state index is 0.140. The number of carbonyl (C=O) groups is 1. The monoisotopic (exact) mass is 365 g/mol. The number of ether oxygens (including phenoxy) is 2. The first kappa shape index (κ1) is 16.8. The SMILES string of the molecule is COC(=O)c1cc(-c2ccc(OC)cc2)n2c1CS[C@H]2c1ccccc1. The molecule has 0 unspecified atom stereocenters. The summed E-state index contributed by atoms with van der Waals surface area (Å²) < 4.78 is 12.5. The van der Waals surface area contributed by atoms with Gasteiger partial charge in [0.05, 0.1) is 25.5 Å². The Bertz CT molecular complexity index is 932. The zero-order valence-electron chi connectivity index (χ0n) is 14.6. The molecule has 0 saturated heterocycles. The summed E-state index contributed by atoms with van der Waals surface area (Å²) in [6, 6.07) is 20.2. The van der Waals surface area contributed by atoms with Gasteiger partial charge in [-0.3, -0.25) is 0 Å². The van der Waals surface area contributed by atoms with Crippen LogP contribution in [0.5, 0.6) is 5.75 Å². The zero-order valence-corrected chi connectivity index (χ0v) is 15.5. The molecule has 0 saturated carbocycles. The highest BCUT2D eigenvalue weighted by atomic mass is 32.2. The number of hydrogen-bond acceptors (Lipinski definition) is 4. The fourth-order valence-corrected chi connectivity index (χ4v) is 4.70. The number of aromatic nitrogens is 1. The lowest BCUT2D eigenvalue weighted by molar-refractivity contribution is 0.0600.